The molecule has 3 rings (SSSR count). The Morgan fingerprint density at radius 1 is 1.22 bits per heavy atom. The van der Waals surface area contributed by atoms with Gasteiger partial charge in [0.05, 0.1) is 32.8 Å². The van der Waals surface area contributed by atoms with E-state index in [1.54, 1.807) is 0 Å². The van der Waals surface area contributed by atoms with Crippen LogP contribution in [0.15, 0.2) is 12.7 Å². The number of imidazole rings is 1. The zero-order valence-electron chi connectivity index (χ0n) is 17.3. The van der Waals surface area contributed by atoms with Crippen LogP contribution >= 0.6 is 7.82 Å². The van der Waals surface area contributed by atoms with Gasteiger partial charge in [0, 0.05) is 13.7 Å². The molecule has 2 aromatic heterocycles. The molecule has 0 spiro atoms. The first-order chi connectivity index (χ1) is 15.4. The number of aromatic nitrogens is 4. The summed E-state index contributed by atoms with van der Waals surface area (Å²) < 4.78 is 45.6. The van der Waals surface area contributed by atoms with Gasteiger partial charge in [-0.05, 0) is 0 Å². The Kier molecular flexibility index (Phi) is 8.84. The Morgan fingerprint density at radius 3 is 2.72 bits per heavy atom. The summed E-state index contributed by atoms with van der Waals surface area (Å²) in [5, 5.41) is 9.79. The van der Waals surface area contributed by atoms with Gasteiger partial charge in [-0.2, -0.15) is 0 Å². The first-order valence-electron chi connectivity index (χ1n) is 9.65. The van der Waals surface area contributed by atoms with E-state index in [0.717, 1.165) is 7.11 Å². The Morgan fingerprint density at radius 2 is 2.00 bits per heavy atom. The largest absolute Gasteiger partial charge is 0.472 e. The number of ether oxygens (including phenoxy) is 4. The number of rotatable bonds is 13. The summed E-state index contributed by atoms with van der Waals surface area (Å²) >= 11 is 0. The highest BCUT2D eigenvalue weighted by Gasteiger charge is 2.50. The van der Waals surface area contributed by atoms with E-state index in [4.69, 9.17) is 34.9 Å². The van der Waals surface area contributed by atoms with E-state index in [9.17, 15) is 14.6 Å². The van der Waals surface area contributed by atoms with Crippen LogP contribution in [0.5, 0.6) is 0 Å². The zero-order valence-corrected chi connectivity index (χ0v) is 18.2. The van der Waals surface area contributed by atoms with Crippen LogP contribution in [0.1, 0.15) is 6.23 Å². The highest BCUT2D eigenvalue weighted by molar-refractivity contribution is 7.47. The van der Waals surface area contributed by atoms with Crippen molar-refractivity contribution in [3.8, 4) is 0 Å². The average Bonchev–Trinajstić information content (AvgIpc) is 3.35. The SMILES string of the molecule is COP(=O)(O)O[C@@H]1C(OCOCCOCCN)[C@H](n2cnc3c(N)ncnc32)O[C@@H]1CO. The molecule has 15 nitrogen and oxygen atoms in total. The number of hydrogen-bond donors (Lipinski definition) is 4. The predicted octanol–water partition coefficient (Wildman–Crippen LogP) is -1.24. The highest BCUT2D eigenvalue weighted by atomic mass is 31.2. The van der Waals surface area contributed by atoms with Gasteiger partial charge in [-0.25, -0.2) is 19.5 Å². The van der Waals surface area contributed by atoms with E-state index in [2.05, 4.69) is 19.5 Å². The van der Waals surface area contributed by atoms with Crippen LogP contribution < -0.4 is 11.5 Å². The lowest BCUT2D eigenvalue weighted by atomic mass is 10.1. The molecule has 6 N–H and O–H groups in total. The van der Waals surface area contributed by atoms with Crippen LogP contribution in [0.4, 0.5) is 5.82 Å². The molecule has 0 aliphatic carbocycles. The van der Waals surface area contributed by atoms with E-state index in [0.29, 0.717) is 30.9 Å². The standard InChI is InChI=1S/C16H27N6O9P/c1-26-32(24,25)31-12-10(6-23)30-16(13(12)29-9-28-5-4-27-3-2-17)22-8-21-11-14(18)19-7-20-15(11)22/h7-8,10,12-13,16,23H,2-6,9,17H2,1H3,(H,24,25)(H2,18,19,20)/t10-,12+,13?,16-/m1/s1. The molecule has 0 saturated carbocycles. The first-order valence-corrected chi connectivity index (χ1v) is 11.1. The predicted molar refractivity (Wildman–Crippen MR) is 108 cm³/mol. The number of phosphoric ester groups is 1. The quantitative estimate of drug-likeness (QED) is 0.151. The van der Waals surface area contributed by atoms with Crippen molar-refractivity contribution in [3.63, 3.8) is 0 Å². The number of fused-ring (bicyclic) bond motifs is 1. The summed E-state index contributed by atoms with van der Waals surface area (Å²) in [6.07, 6.45) is -1.51. The maximum absolute atomic E-state index is 12.1. The Hall–Kier alpha value is -1.78. The molecular formula is C16H27N6O9P. The van der Waals surface area contributed by atoms with Crippen molar-refractivity contribution in [3.05, 3.63) is 12.7 Å². The molecule has 1 fully saturated rings. The van der Waals surface area contributed by atoms with Gasteiger partial charge in [0.15, 0.2) is 17.7 Å². The minimum atomic E-state index is -4.44. The van der Waals surface area contributed by atoms with Gasteiger partial charge in [-0.3, -0.25) is 13.6 Å². The number of nitrogens with two attached hydrogens (primary N) is 2. The molecule has 1 aliphatic heterocycles. The molecule has 5 atom stereocenters. The Balaban J connectivity index is 1.81. The lowest BCUT2D eigenvalue weighted by Crippen LogP contribution is -2.38. The lowest BCUT2D eigenvalue weighted by molar-refractivity contribution is -0.142. The minimum absolute atomic E-state index is 0.163. The van der Waals surface area contributed by atoms with Crippen LogP contribution in [0, 0.1) is 0 Å². The summed E-state index contributed by atoms with van der Waals surface area (Å²) in [7, 11) is -3.42. The van der Waals surface area contributed by atoms with Gasteiger partial charge < -0.3 is 40.4 Å². The van der Waals surface area contributed by atoms with Gasteiger partial charge in [0.2, 0.25) is 0 Å². The summed E-state index contributed by atoms with van der Waals surface area (Å²) in [5.41, 5.74) is 11.9. The summed E-state index contributed by atoms with van der Waals surface area (Å²) in [5.74, 6) is 0.163. The van der Waals surface area contributed by atoms with Crippen molar-refractivity contribution in [2.24, 2.45) is 5.73 Å². The van der Waals surface area contributed by atoms with Crippen molar-refractivity contribution in [1.29, 1.82) is 0 Å². The van der Waals surface area contributed by atoms with Crippen molar-refractivity contribution in [2.75, 3.05) is 52.6 Å². The van der Waals surface area contributed by atoms with Crippen molar-refractivity contribution in [2.45, 2.75) is 24.5 Å². The molecule has 16 heteroatoms. The monoisotopic (exact) mass is 478 g/mol. The molecule has 32 heavy (non-hydrogen) atoms. The minimum Gasteiger partial charge on any atom is -0.394 e. The second-order valence-electron chi connectivity index (χ2n) is 6.61. The number of aliphatic hydroxyl groups is 1. The summed E-state index contributed by atoms with van der Waals surface area (Å²) in [6, 6.07) is 0. The molecule has 1 aliphatic rings. The molecule has 0 aromatic carbocycles. The van der Waals surface area contributed by atoms with E-state index in [1.807, 2.05) is 0 Å². The summed E-state index contributed by atoms with van der Waals surface area (Å²) in [4.78, 5) is 22.1. The molecule has 1 saturated heterocycles. The third kappa shape index (κ3) is 5.77. The van der Waals surface area contributed by atoms with Gasteiger partial charge in [0.25, 0.3) is 0 Å². The van der Waals surface area contributed by atoms with E-state index >= 15 is 0 Å². The van der Waals surface area contributed by atoms with Crippen LogP contribution in [-0.2, 0) is 32.6 Å². The van der Waals surface area contributed by atoms with Crippen molar-refractivity contribution >= 4 is 24.8 Å². The first kappa shape index (κ1) is 24.9. The number of anilines is 1. The molecule has 2 unspecified atom stereocenters. The molecule has 0 radical (unpaired) electrons. The van der Waals surface area contributed by atoms with Gasteiger partial charge in [-0.15, -0.1) is 0 Å². The molecule has 180 valence electrons. The highest BCUT2D eigenvalue weighted by Crippen LogP contribution is 2.48. The molecule has 2 aromatic rings. The van der Waals surface area contributed by atoms with Crippen molar-refractivity contribution in [1.82, 2.24) is 19.5 Å². The van der Waals surface area contributed by atoms with Gasteiger partial charge in [-0.1, -0.05) is 0 Å². The fraction of sp³-hybridized carbons (Fsp3) is 0.688. The fourth-order valence-electron chi connectivity index (χ4n) is 3.13. The number of nitrogen functional groups attached to an aromatic ring is 1. The number of hydrogen-bond acceptors (Lipinski definition) is 13. The van der Waals surface area contributed by atoms with Gasteiger partial charge >= 0.3 is 7.82 Å². The van der Waals surface area contributed by atoms with E-state index in [1.165, 1.54) is 17.2 Å². The van der Waals surface area contributed by atoms with Crippen LogP contribution in [0.3, 0.4) is 0 Å². The normalized spacial score (nSPS) is 25.4. The Labute approximate surface area is 183 Å². The molecule has 0 amide bonds. The second-order valence-corrected chi connectivity index (χ2v) is 8.12. The van der Waals surface area contributed by atoms with Gasteiger partial charge in [0.1, 0.15) is 36.9 Å². The van der Waals surface area contributed by atoms with Crippen molar-refractivity contribution < 1.29 is 42.6 Å². The lowest BCUT2D eigenvalue weighted by Gasteiger charge is -2.25. The number of phosphoric acid groups is 1. The van der Waals surface area contributed by atoms with Crippen LogP contribution in [0.2, 0.25) is 0 Å². The summed E-state index contributed by atoms with van der Waals surface area (Å²) in [6.45, 7) is 0.582. The van der Waals surface area contributed by atoms with E-state index < -0.39 is 39.0 Å². The number of nitrogens with zero attached hydrogens (tertiary/aromatic N) is 4. The second kappa shape index (κ2) is 11.4. The fourth-order valence-corrected chi connectivity index (χ4v) is 3.77. The number of aliphatic hydroxyl groups excluding tert-OH is 1. The topological polar surface area (TPSA) is 209 Å². The third-order valence-electron chi connectivity index (χ3n) is 4.59. The smallest absolute Gasteiger partial charge is 0.394 e. The Bertz CT molecular complexity index is 917. The van der Waals surface area contributed by atoms with Crippen LogP contribution in [0.25, 0.3) is 11.2 Å². The maximum Gasteiger partial charge on any atom is 0.472 e. The third-order valence-corrected chi connectivity index (χ3v) is 5.56. The molecule has 0 bridgehead atoms. The average molecular weight is 478 g/mol. The van der Waals surface area contributed by atoms with Crippen LogP contribution in [-0.4, -0.2) is 94.7 Å². The molecule has 3 heterocycles. The zero-order chi connectivity index (χ0) is 23.1. The molecular weight excluding hydrogens is 451 g/mol. The maximum atomic E-state index is 12.1. The van der Waals surface area contributed by atoms with E-state index in [-0.39, 0.29) is 19.2 Å².